The number of esters is 1. The molecule has 1 rings (SSSR count). The Morgan fingerprint density at radius 2 is 2.26 bits per heavy atom. The fourth-order valence-corrected chi connectivity index (χ4v) is 1.70. The van der Waals surface area contributed by atoms with Crippen molar-refractivity contribution in [2.45, 2.75) is 26.7 Å². The zero-order valence-corrected chi connectivity index (χ0v) is 12.0. The van der Waals surface area contributed by atoms with Gasteiger partial charge >= 0.3 is 5.97 Å². The van der Waals surface area contributed by atoms with Crippen LogP contribution in [0.25, 0.3) is 0 Å². The van der Waals surface area contributed by atoms with Crippen LogP contribution in [0.5, 0.6) is 0 Å². The molecular formula is C13H19N3O2S. The molecule has 3 N–H and O–H groups in total. The molecule has 0 aliphatic carbocycles. The molecule has 0 saturated carbocycles. The predicted molar refractivity (Wildman–Crippen MR) is 79.2 cm³/mol. The zero-order chi connectivity index (χ0) is 14.3. The number of nitrogens with zero attached hydrogens (tertiary/aromatic N) is 1. The van der Waals surface area contributed by atoms with Gasteiger partial charge in [0.25, 0.3) is 0 Å². The molecule has 0 aliphatic rings. The number of hydrogen-bond donors (Lipinski definition) is 2. The van der Waals surface area contributed by atoms with E-state index in [1.165, 1.54) is 0 Å². The third-order valence-corrected chi connectivity index (χ3v) is 2.64. The summed E-state index contributed by atoms with van der Waals surface area (Å²) in [4.78, 5) is 15.8. The molecule has 0 unspecified atom stereocenters. The molecule has 5 nitrogen and oxygen atoms in total. The van der Waals surface area contributed by atoms with Crippen LogP contribution in [0.4, 0.5) is 5.82 Å². The van der Waals surface area contributed by atoms with E-state index in [9.17, 15) is 4.79 Å². The molecule has 0 amide bonds. The number of pyridine rings is 1. The smallest absolute Gasteiger partial charge is 0.305 e. The van der Waals surface area contributed by atoms with Crippen molar-refractivity contribution in [1.29, 1.82) is 0 Å². The van der Waals surface area contributed by atoms with Gasteiger partial charge in [-0.25, -0.2) is 4.98 Å². The Labute approximate surface area is 118 Å². The lowest BCUT2D eigenvalue weighted by molar-refractivity contribution is -0.143. The van der Waals surface area contributed by atoms with Crippen LogP contribution >= 0.6 is 12.2 Å². The molecule has 0 atom stereocenters. The summed E-state index contributed by atoms with van der Waals surface area (Å²) in [5.41, 5.74) is 7.23. The van der Waals surface area contributed by atoms with E-state index < -0.39 is 0 Å². The Morgan fingerprint density at radius 3 is 2.89 bits per heavy atom. The number of carbonyl (C=O) groups is 1. The number of ether oxygens (including phenoxy) is 1. The lowest BCUT2D eigenvalue weighted by Gasteiger charge is -2.08. The lowest BCUT2D eigenvalue weighted by atomic mass is 10.2. The maximum Gasteiger partial charge on any atom is 0.305 e. The number of anilines is 1. The van der Waals surface area contributed by atoms with E-state index in [1.54, 1.807) is 13.0 Å². The van der Waals surface area contributed by atoms with Crippen LogP contribution in [0.2, 0.25) is 0 Å². The quantitative estimate of drug-likeness (QED) is 0.451. The molecule has 0 radical (unpaired) electrons. The average molecular weight is 281 g/mol. The van der Waals surface area contributed by atoms with E-state index in [1.807, 2.05) is 13.0 Å². The van der Waals surface area contributed by atoms with Crippen LogP contribution in [0.15, 0.2) is 12.1 Å². The van der Waals surface area contributed by atoms with Crippen LogP contribution in [0.1, 0.15) is 31.0 Å². The van der Waals surface area contributed by atoms with Gasteiger partial charge in [0.15, 0.2) is 0 Å². The Balaban J connectivity index is 2.45. The molecule has 0 bridgehead atoms. The number of nitrogens with two attached hydrogens (primary N) is 1. The van der Waals surface area contributed by atoms with Gasteiger partial charge in [-0.1, -0.05) is 12.2 Å². The molecule has 19 heavy (non-hydrogen) atoms. The highest BCUT2D eigenvalue weighted by molar-refractivity contribution is 7.80. The fourth-order valence-electron chi connectivity index (χ4n) is 1.58. The number of nitrogens with one attached hydrogen (secondary N) is 1. The topological polar surface area (TPSA) is 77.2 Å². The molecule has 0 aromatic carbocycles. The fraction of sp³-hybridized carbons (Fsp3) is 0.462. The van der Waals surface area contributed by atoms with E-state index in [-0.39, 0.29) is 5.97 Å². The van der Waals surface area contributed by atoms with Crippen molar-refractivity contribution in [1.82, 2.24) is 4.98 Å². The second-order valence-electron chi connectivity index (χ2n) is 4.08. The number of thiocarbonyl (C=S) groups is 1. The first kappa shape index (κ1) is 15.4. The number of aromatic nitrogens is 1. The Kier molecular flexibility index (Phi) is 6.21. The second-order valence-corrected chi connectivity index (χ2v) is 4.52. The lowest BCUT2D eigenvalue weighted by Crippen LogP contribution is -2.12. The van der Waals surface area contributed by atoms with Gasteiger partial charge in [-0.15, -0.1) is 0 Å². The van der Waals surface area contributed by atoms with Crippen LogP contribution in [0.3, 0.4) is 0 Å². The third kappa shape index (κ3) is 5.65. The van der Waals surface area contributed by atoms with E-state index >= 15 is 0 Å². The first-order valence-corrected chi connectivity index (χ1v) is 6.61. The van der Waals surface area contributed by atoms with Crippen molar-refractivity contribution < 1.29 is 9.53 Å². The first-order valence-electron chi connectivity index (χ1n) is 6.21. The summed E-state index contributed by atoms with van der Waals surface area (Å²) < 4.78 is 4.85. The molecule has 0 saturated heterocycles. The molecule has 1 aromatic rings. The first-order chi connectivity index (χ1) is 9.02. The van der Waals surface area contributed by atoms with E-state index in [0.717, 1.165) is 11.3 Å². The van der Waals surface area contributed by atoms with Gasteiger partial charge in [-0.2, -0.15) is 0 Å². The third-order valence-electron chi connectivity index (χ3n) is 2.41. The summed E-state index contributed by atoms with van der Waals surface area (Å²) >= 11 is 4.94. The number of rotatable bonds is 7. The molecule has 104 valence electrons. The summed E-state index contributed by atoms with van der Waals surface area (Å²) in [5.74, 6) is 0.539. The molecule has 0 fully saturated rings. The van der Waals surface area contributed by atoms with E-state index in [2.05, 4.69) is 10.3 Å². The van der Waals surface area contributed by atoms with Crippen molar-refractivity contribution in [2.75, 3.05) is 18.5 Å². The Morgan fingerprint density at radius 1 is 1.53 bits per heavy atom. The van der Waals surface area contributed by atoms with Crippen molar-refractivity contribution in [3.05, 3.63) is 23.4 Å². The van der Waals surface area contributed by atoms with Crippen molar-refractivity contribution >= 4 is 29.0 Å². The minimum absolute atomic E-state index is 0.176. The minimum atomic E-state index is -0.176. The van der Waals surface area contributed by atoms with Gasteiger partial charge in [0.05, 0.1) is 6.61 Å². The van der Waals surface area contributed by atoms with Gasteiger partial charge in [-0.3, -0.25) is 4.79 Å². The Bertz CT molecular complexity index is 463. The summed E-state index contributed by atoms with van der Waals surface area (Å²) in [7, 11) is 0. The largest absolute Gasteiger partial charge is 0.466 e. The average Bonchev–Trinajstić information content (AvgIpc) is 2.34. The highest BCUT2D eigenvalue weighted by Crippen LogP contribution is 2.10. The molecule has 1 aromatic heterocycles. The van der Waals surface area contributed by atoms with Gasteiger partial charge in [0.2, 0.25) is 0 Å². The van der Waals surface area contributed by atoms with Gasteiger partial charge in [0, 0.05) is 24.2 Å². The highest BCUT2D eigenvalue weighted by Gasteiger charge is 2.04. The molecule has 0 aliphatic heterocycles. The van der Waals surface area contributed by atoms with Crippen LogP contribution in [-0.4, -0.2) is 29.1 Å². The van der Waals surface area contributed by atoms with Crippen LogP contribution < -0.4 is 11.1 Å². The standard InChI is InChI=1S/C13H19N3O2S/c1-3-18-12(17)5-4-6-15-11-8-10(13(14)19)7-9(2)16-11/h7-8H,3-6H2,1-2H3,(H2,14,19)(H,15,16). The summed E-state index contributed by atoms with van der Waals surface area (Å²) in [5, 5.41) is 3.14. The van der Waals surface area contributed by atoms with E-state index in [0.29, 0.717) is 36.8 Å². The van der Waals surface area contributed by atoms with Crippen molar-refractivity contribution in [3.8, 4) is 0 Å². The monoisotopic (exact) mass is 281 g/mol. The maximum atomic E-state index is 11.2. The van der Waals surface area contributed by atoms with Crippen LogP contribution in [-0.2, 0) is 9.53 Å². The second kappa shape index (κ2) is 7.68. The van der Waals surface area contributed by atoms with Gasteiger partial charge in [-0.05, 0) is 32.4 Å². The van der Waals surface area contributed by atoms with Crippen LogP contribution in [0, 0.1) is 6.92 Å². The SMILES string of the molecule is CCOC(=O)CCCNc1cc(C(N)=S)cc(C)n1. The predicted octanol–water partition coefficient (Wildman–Crippen LogP) is 1.78. The summed E-state index contributed by atoms with van der Waals surface area (Å²) in [6.45, 7) is 4.74. The summed E-state index contributed by atoms with van der Waals surface area (Å²) in [6, 6.07) is 3.64. The van der Waals surface area contributed by atoms with Crippen molar-refractivity contribution in [2.24, 2.45) is 5.73 Å². The van der Waals surface area contributed by atoms with Crippen molar-refractivity contribution in [3.63, 3.8) is 0 Å². The maximum absolute atomic E-state index is 11.2. The minimum Gasteiger partial charge on any atom is -0.466 e. The highest BCUT2D eigenvalue weighted by atomic mass is 32.1. The van der Waals surface area contributed by atoms with E-state index in [4.69, 9.17) is 22.7 Å². The van der Waals surface area contributed by atoms with Gasteiger partial charge < -0.3 is 15.8 Å². The summed E-state index contributed by atoms with van der Waals surface area (Å²) in [6.07, 6.45) is 1.09. The number of hydrogen-bond acceptors (Lipinski definition) is 5. The van der Waals surface area contributed by atoms with Gasteiger partial charge in [0.1, 0.15) is 10.8 Å². The normalized spacial score (nSPS) is 10.0. The number of aryl methyl sites for hydroxylation is 1. The Hall–Kier alpha value is -1.69. The zero-order valence-electron chi connectivity index (χ0n) is 11.2. The molecule has 0 spiro atoms. The molecular weight excluding hydrogens is 262 g/mol. The molecule has 1 heterocycles. The molecule has 6 heteroatoms. The number of carbonyl (C=O) groups excluding carboxylic acids is 1.